The Kier molecular flexibility index (Phi) is 9.94. The SMILES string of the molecule is COc1cc(S(N)(=O)=O)ccc1NCC#Cc1cc2c(NC3CCC(CN4CCOCC4)CC3)cccc2n1CC(F)(F)F. The molecule has 2 heterocycles. The fraction of sp³-hybridized carbons (Fsp3) is 0.484. The molecule has 0 radical (unpaired) electrons. The van der Waals surface area contributed by atoms with Gasteiger partial charge in [-0.3, -0.25) is 4.90 Å². The molecule has 0 unspecified atom stereocenters. The molecule has 5 rings (SSSR count). The molecule has 1 aromatic heterocycles. The molecular weight excluding hydrogens is 595 g/mol. The molecule has 1 aliphatic heterocycles. The lowest BCUT2D eigenvalue weighted by molar-refractivity contribution is -0.140. The summed E-state index contributed by atoms with van der Waals surface area (Å²) in [5, 5.41) is 12.5. The van der Waals surface area contributed by atoms with Gasteiger partial charge in [-0.05, 0) is 67.9 Å². The summed E-state index contributed by atoms with van der Waals surface area (Å²) < 4.78 is 76.1. The molecule has 2 aliphatic rings. The van der Waals surface area contributed by atoms with Crippen LogP contribution in [0, 0.1) is 17.8 Å². The molecular formula is C31H38F3N5O4S. The third-order valence-corrected chi connectivity index (χ3v) is 9.11. The van der Waals surface area contributed by atoms with Crippen LogP contribution < -0.4 is 20.5 Å². The van der Waals surface area contributed by atoms with Gasteiger partial charge < -0.3 is 24.7 Å². The maximum Gasteiger partial charge on any atom is 0.406 e. The number of fused-ring (bicyclic) bond motifs is 1. The standard InChI is InChI=1S/C31H38F3N5O4S/c1-42-30-19-25(44(35,40)41)11-12-28(30)36-13-3-4-24-18-26-27(5-2-6-29(26)39(24)21-31(32,33)34)37-23-9-7-22(8-10-23)20-38-14-16-43-17-15-38/h2,5-6,11-12,18-19,22-23,36-37H,7-10,13-17,20-21H2,1H3,(H2,35,40,41). The molecule has 3 aromatic rings. The number of morpholine rings is 1. The van der Waals surface area contributed by atoms with E-state index in [1.807, 2.05) is 6.07 Å². The molecule has 1 aliphatic carbocycles. The average Bonchev–Trinajstić information content (AvgIpc) is 3.33. The highest BCUT2D eigenvalue weighted by Crippen LogP contribution is 2.33. The Bertz CT molecular complexity index is 1620. The lowest BCUT2D eigenvalue weighted by Crippen LogP contribution is -2.40. The van der Waals surface area contributed by atoms with Gasteiger partial charge in [0.15, 0.2) is 0 Å². The van der Waals surface area contributed by atoms with E-state index in [9.17, 15) is 21.6 Å². The largest absolute Gasteiger partial charge is 0.495 e. The third-order valence-electron chi connectivity index (χ3n) is 8.19. The van der Waals surface area contributed by atoms with Crippen molar-refractivity contribution in [3.05, 3.63) is 48.2 Å². The molecule has 0 bridgehead atoms. The van der Waals surface area contributed by atoms with Crippen LogP contribution in [0.2, 0.25) is 0 Å². The topological polar surface area (TPSA) is 111 Å². The molecule has 4 N–H and O–H groups in total. The summed E-state index contributed by atoms with van der Waals surface area (Å²) in [6, 6.07) is 11.5. The van der Waals surface area contributed by atoms with Crippen LogP contribution in [0.4, 0.5) is 24.5 Å². The maximum absolute atomic E-state index is 13.6. The van der Waals surface area contributed by atoms with Crippen LogP contribution in [-0.2, 0) is 21.3 Å². The number of anilines is 2. The van der Waals surface area contributed by atoms with Crippen LogP contribution in [-0.4, -0.2) is 76.6 Å². The zero-order valence-electron chi connectivity index (χ0n) is 24.6. The Hall–Kier alpha value is -3.44. The first-order valence-corrected chi connectivity index (χ1v) is 16.2. The molecule has 0 atom stereocenters. The molecule has 13 heteroatoms. The van der Waals surface area contributed by atoms with Gasteiger partial charge in [0, 0.05) is 42.8 Å². The number of nitrogens with one attached hydrogen (secondary N) is 2. The predicted octanol–water partition coefficient (Wildman–Crippen LogP) is 4.63. The molecule has 2 aromatic carbocycles. The van der Waals surface area contributed by atoms with Crippen LogP contribution in [0.3, 0.4) is 0 Å². The fourth-order valence-corrected chi connectivity index (χ4v) is 6.52. The number of halogens is 3. The van der Waals surface area contributed by atoms with Gasteiger partial charge in [0.1, 0.15) is 12.3 Å². The van der Waals surface area contributed by atoms with E-state index in [4.69, 9.17) is 14.6 Å². The summed E-state index contributed by atoms with van der Waals surface area (Å²) in [5.41, 5.74) is 1.99. The van der Waals surface area contributed by atoms with Gasteiger partial charge in [-0.1, -0.05) is 12.0 Å². The number of rotatable bonds is 9. The number of aromatic nitrogens is 1. The molecule has 238 valence electrons. The Morgan fingerprint density at radius 1 is 1.07 bits per heavy atom. The van der Waals surface area contributed by atoms with Gasteiger partial charge in [-0.25, -0.2) is 13.6 Å². The second kappa shape index (κ2) is 13.7. The number of ether oxygens (including phenoxy) is 2. The lowest BCUT2D eigenvalue weighted by atomic mass is 9.85. The smallest absolute Gasteiger partial charge is 0.406 e. The quantitative estimate of drug-likeness (QED) is 0.295. The van der Waals surface area contributed by atoms with Gasteiger partial charge in [0.05, 0.1) is 48.7 Å². The van der Waals surface area contributed by atoms with E-state index in [0.29, 0.717) is 22.5 Å². The minimum Gasteiger partial charge on any atom is -0.495 e. The molecule has 2 fully saturated rings. The Morgan fingerprint density at radius 3 is 2.50 bits per heavy atom. The highest BCUT2D eigenvalue weighted by atomic mass is 32.2. The van der Waals surface area contributed by atoms with Crippen LogP contribution in [0.5, 0.6) is 5.75 Å². The lowest BCUT2D eigenvalue weighted by Gasteiger charge is -2.35. The number of hydrogen-bond acceptors (Lipinski definition) is 7. The minimum absolute atomic E-state index is 0.0808. The average molecular weight is 634 g/mol. The van der Waals surface area contributed by atoms with E-state index in [-0.39, 0.29) is 28.9 Å². The minimum atomic E-state index is -4.43. The zero-order chi connectivity index (χ0) is 31.3. The number of sulfonamides is 1. The number of alkyl halides is 3. The van der Waals surface area contributed by atoms with Crippen molar-refractivity contribution in [1.29, 1.82) is 0 Å². The van der Waals surface area contributed by atoms with Crippen molar-refractivity contribution >= 4 is 32.3 Å². The van der Waals surface area contributed by atoms with Crippen molar-refractivity contribution in [1.82, 2.24) is 9.47 Å². The van der Waals surface area contributed by atoms with Crippen molar-refractivity contribution in [2.75, 3.05) is 57.1 Å². The normalized spacial score (nSPS) is 19.8. The summed E-state index contributed by atoms with van der Waals surface area (Å²) in [6.07, 6.45) is -0.191. The molecule has 44 heavy (non-hydrogen) atoms. The van der Waals surface area contributed by atoms with Crippen molar-refractivity contribution in [3.63, 3.8) is 0 Å². The first-order chi connectivity index (χ1) is 21.0. The third kappa shape index (κ3) is 8.18. The van der Waals surface area contributed by atoms with Crippen LogP contribution in [0.1, 0.15) is 31.4 Å². The fourth-order valence-electron chi connectivity index (χ4n) is 5.99. The number of methoxy groups -OCH3 is 1. The Balaban J connectivity index is 1.30. The van der Waals surface area contributed by atoms with E-state index < -0.39 is 22.7 Å². The van der Waals surface area contributed by atoms with Crippen molar-refractivity contribution in [3.8, 4) is 17.6 Å². The van der Waals surface area contributed by atoms with Gasteiger partial charge in [0.2, 0.25) is 10.0 Å². The van der Waals surface area contributed by atoms with Crippen molar-refractivity contribution in [2.45, 2.75) is 49.3 Å². The predicted molar refractivity (Wildman–Crippen MR) is 164 cm³/mol. The number of primary sulfonamides is 1. The van der Waals surface area contributed by atoms with Crippen LogP contribution in [0.15, 0.2) is 47.4 Å². The van der Waals surface area contributed by atoms with E-state index in [1.54, 1.807) is 18.2 Å². The van der Waals surface area contributed by atoms with E-state index >= 15 is 0 Å². The summed E-state index contributed by atoms with van der Waals surface area (Å²) in [6.45, 7) is 3.58. The van der Waals surface area contributed by atoms with Gasteiger partial charge in [0.25, 0.3) is 0 Å². The molecule has 1 saturated heterocycles. The van der Waals surface area contributed by atoms with Crippen LogP contribution >= 0.6 is 0 Å². The number of nitrogens with zero attached hydrogens (tertiary/aromatic N) is 2. The molecule has 1 saturated carbocycles. The van der Waals surface area contributed by atoms with Gasteiger partial charge in [-0.2, -0.15) is 13.2 Å². The summed E-state index contributed by atoms with van der Waals surface area (Å²) in [4.78, 5) is 2.37. The van der Waals surface area contributed by atoms with Crippen LogP contribution in [0.25, 0.3) is 10.9 Å². The molecule has 9 nitrogen and oxygen atoms in total. The summed E-state index contributed by atoms with van der Waals surface area (Å²) >= 11 is 0. The first kappa shape index (κ1) is 32.0. The van der Waals surface area contributed by atoms with Crippen molar-refractivity contribution < 1.29 is 31.1 Å². The summed E-state index contributed by atoms with van der Waals surface area (Å²) in [7, 11) is -2.52. The second-order valence-electron chi connectivity index (χ2n) is 11.3. The number of hydrogen-bond donors (Lipinski definition) is 3. The Labute approximate surface area is 255 Å². The number of benzene rings is 2. The highest BCUT2D eigenvalue weighted by molar-refractivity contribution is 7.89. The monoisotopic (exact) mass is 633 g/mol. The highest BCUT2D eigenvalue weighted by Gasteiger charge is 2.30. The zero-order valence-corrected chi connectivity index (χ0v) is 25.4. The van der Waals surface area contributed by atoms with E-state index in [0.717, 1.165) is 64.2 Å². The van der Waals surface area contributed by atoms with Crippen molar-refractivity contribution in [2.24, 2.45) is 11.1 Å². The van der Waals surface area contributed by atoms with E-state index in [2.05, 4.69) is 27.4 Å². The van der Waals surface area contributed by atoms with E-state index in [1.165, 1.54) is 29.9 Å². The van der Waals surface area contributed by atoms with Gasteiger partial charge >= 0.3 is 6.18 Å². The molecule has 0 spiro atoms. The Morgan fingerprint density at radius 2 is 1.82 bits per heavy atom. The maximum atomic E-state index is 13.6. The second-order valence-corrected chi connectivity index (χ2v) is 12.9. The first-order valence-electron chi connectivity index (χ1n) is 14.7. The molecule has 0 amide bonds. The summed E-state index contributed by atoms with van der Waals surface area (Å²) in [5.74, 6) is 6.68. The van der Waals surface area contributed by atoms with Gasteiger partial charge in [-0.15, -0.1) is 0 Å². The number of nitrogens with two attached hydrogens (primary N) is 1.